The van der Waals surface area contributed by atoms with E-state index in [1.54, 1.807) is 41.5 Å². The van der Waals surface area contributed by atoms with Crippen LogP contribution in [0.4, 0.5) is 9.59 Å². The zero-order valence-electron chi connectivity index (χ0n) is 24.6. The first kappa shape index (κ1) is 37.1. The summed E-state index contributed by atoms with van der Waals surface area (Å²) in [6.07, 6.45) is -1.69. The molecule has 4 amide bonds. The lowest BCUT2D eigenvalue weighted by molar-refractivity contribution is -0.145. The second-order valence-corrected chi connectivity index (χ2v) is 13.0. The average Bonchev–Trinajstić information content (AvgIpc) is 2.81. The first-order valence-electron chi connectivity index (χ1n) is 12.3. The van der Waals surface area contributed by atoms with Crippen molar-refractivity contribution in [2.45, 2.75) is 90.8 Å². The lowest BCUT2D eigenvalue weighted by atomic mass is 10.2. The van der Waals surface area contributed by atoms with Crippen LogP contribution < -0.4 is 21.3 Å². The number of ether oxygens (including phenoxy) is 4. The van der Waals surface area contributed by atoms with E-state index in [1.165, 1.54) is 28.1 Å². The molecule has 40 heavy (non-hydrogen) atoms. The number of amides is 4. The molecule has 0 aliphatic heterocycles. The summed E-state index contributed by atoms with van der Waals surface area (Å²) in [5, 5.41) is 9.87. The van der Waals surface area contributed by atoms with Crippen LogP contribution in [0.3, 0.4) is 0 Å². The zero-order valence-corrected chi connectivity index (χ0v) is 26.3. The van der Waals surface area contributed by atoms with Crippen LogP contribution in [0.5, 0.6) is 0 Å². The molecule has 0 aromatic heterocycles. The lowest BCUT2D eigenvalue weighted by Gasteiger charge is -2.25. The molecule has 16 heteroatoms. The standard InChI is InChI=1S/C24H42N4O10S2/c1-13(19(31)35-9)25-17(29)15(27-21(33)37-23(3,4)5)11-39-40-12-16(28-22(34)38-24(6,7)8)18(30)26-14(2)20(32)36-10/h13-16H,11-12H2,1-10H3,(H,25,29)(H,26,30)(H,27,33)(H,28,34)/t13-,14-,15-,16-/m0/s1. The summed E-state index contributed by atoms with van der Waals surface area (Å²) in [5.74, 6) is -2.66. The van der Waals surface area contributed by atoms with Crippen LogP contribution in [-0.4, -0.2) is 97.0 Å². The maximum Gasteiger partial charge on any atom is 0.408 e. The largest absolute Gasteiger partial charge is 0.467 e. The number of methoxy groups -OCH3 is 2. The van der Waals surface area contributed by atoms with Crippen molar-refractivity contribution in [3.8, 4) is 0 Å². The van der Waals surface area contributed by atoms with Crippen molar-refractivity contribution in [1.82, 2.24) is 21.3 Å². The molecule has 0 heterocycles. The van der Waals surface area contributed by atoms with Crippen LogP contribution in [0.25, 0.3) is 0 Å². The van der Waals surface area contributed by atoms with E-state index in [1.807, 2.05) is 0 Å². The number of carbonyl (C=O) groups excluding carboxylic acids is 6. The summed E-state index contributed by atoms with van der Waals surface area (Å²) in [6, 6.07) is -4.18. The third-order valence-corrected chi connectivity index (χ3v) is 6.82. The smallest absolute Gasteiger partial charge is 0.408 e. The normalized spacial score (nSPS) is 14.3. The fourth-order valence-corrected chi connectivity index (χ4v) is 4.92. The molecule has 0 saturated carbocycles. The predicted molar refractivity (Wildman–Crippen MR) is 150 cm³/mol. The second kappa shape index (κ2) is 17.0. The van der Waals surface area contributed by atoms with Crippen LogP contribution in [-0.2, 0) is 38.1 Å². The van der Waals surface area contributed by atoms with Gasteiger partial charge in [-0.3, -0.25) is 9.59 Å². The summed E-state index contributed by atoms with van der Waals surface area (Å²) in [7, 11) is 4.58. The number of hydrogen-bond acceptors (Lipinski definition) is 12. The first-order chi connectivity index (χ1) is 18.3. The van der Waals surface area contributed by atoms with Crippen LogP contribution in [0.1, 0.15) is 55.4 Å². The minimum absolute atomic E-state index is 0.00295. The summed E-state index contributed by atoms with van der Waals surface area (Å²) >= 11 is 0. The van der Waals surface area contributed by atoms with Gasteiger partial charge in [-0.05, 0) is 55.4 Å². The molecule has 0 saturated heterocycles. The lowest BCUT2D eigenvalue weighted by Crippen LogP contribution is -2.53. The number of alkyl carbamates (subject to hydrolysis) is 2. The monoisotopic (exact) mass is 610 g/mol. The highest BCUT2D eigenvalue weighted by atomic mass is 33.1. The Bertz CT molecular complexity index is 833. The van der Waals surface area contributed by atoms with Gasteiger partial charge in [-0.1, -0.05) is 21.6 Å². The van der Waals surface area contributed by atoms with Gasteiger partial charge in [0.2, 0.25) is 11.8 Å². The van der Waals surface area contributed by atoms with Gasteiger partial charge >= 0.3 is 24.1 Å². The molecule has 0 rings (SSSR count). The second-order valence-electron chi connectivity index (χ2n) is 10.5. The van der Waals surface area contributed by atoms with Gasteiger partial charge in [-0.15, -0.1) is 0 Å². The molecule has 0 unspecified atom stereocenters. The van der Waals surface area contributed by atoms with Crippen LogP contribution in [0.2, 0.25) is 0 Å². The first-order valence-corrected chi connectivity index (χ1v) is 14.8. The molecule has 0 aromatic rings. The van der Waals surface area contributed by atoms with Crippen molar-refractivity contribution in [3.05, 3.63) is 0 Å². The zero-order chi connectivity index (χ0) is 31.3. The van der Waals surface area contributed by atoms with E-state index >= 15 is 0 Å². The molecule has 4 N–H and O–H groups in total. The van der Waals surface area contributed by atoms with E-state index in [0.717, 1.165) is 21.6 Å². The highest BCUT2D eigenvalue weighted by Gasteiger charge is 2.29. The molecule has 0 aliphatic rings. The molecule has 4 atom stereocenters. The number of hydrogen-bond donors (Lipinski definition) is 4. The fraction of sp³-hybridized carbons (Fsp3) is 0.750. The predicted octanol–water partition coefficient (Wildman–Crippen LogP) is 1.51. The fourth-order valence-electron chi connectivity index (χ4n) is 2.60. The summed E-state index contributed by atoms with van der Waals surface area (Å²) < 4.78 is 19.7. The Kier molecular flexibility index (Phi) is 15.8. The number of esters is 2. The van der Waals surface area contributed by atoms with E-state index in [9.17, 15) is 28.8 Å². The summed E-state index contributed by atoms with van der Waals surface area (Å²) in [5.41, 5.74) is -1.64. The van der Waals surface area contributed by atoms with Crippen LogP contribution >= 0.6 is 21.6 Å². The maximum atomic E-state index is 12.8. The minimum atomic E-state index is -1.12. The van der Waals surface area contributed by atoms with Crippen molar-refractivity contribution in [2.75, 3.05) is 25.7 Å². The minimum Gasteiger partial charge on any atom is -0.467 e. The molecule has 14 nitrogen and oxygen atoms in total. The Morgan fingerprint density at radius 3 is 1.15 bits per heavy atom. The van der Waals surface area contributed by atoms with Gasteiger partial charge in [-0.2, -0.15) is 0 Å². The van der Waals surface area contributed by atoms with E-state index in [-0.39, 0.29) is 11.5 Å². The van der Waals surface area contributed by atoms with Crippen molar-refractivity contribution >= 4 is 57.5 Å². The molecule has 0 bridgehead atoms. The van der Waals surface area contributed by atoms with E-state index < -0.39 is 71.3 Å². The van der Waals surface area contributed by atoms with Gasteiger partial charge in [0, 0.05) is 11.5 Å². The Balaban J connectivity index is 5.46. The Morgan fingerprint density at radius 2 is 0.900 bits per heavy atom. The molecular weight excluding hydrogens is 568 g/mol. The quantitative estimate of drug-likeness (QED) is 0.102. The molecule has 0 radical (unpaired) electrons. The van der Waals surface area contributed by atoms with E-state index in [2.05, 4.69) is 30.7 Å². The molecule has 0 fully saturated rings. The van der Waals surface area contributed by atoms with Gasteiger partial charge in [0.25, 0.3) is 0 Å². The average molecular weight is 611 g/mol. The third-order valence-electron chi connectivity index (χ3n) is 4.39. The highest BCUT2D eigenvalue weighted by Crippen LogP contribution is 2.24. The van der Waals surface area contributed by atoms with Crippen LogP contribution in [0.15, 0.2) is 0 Å². The van der Waals surface area contributed by atoms with Crippen molar-refractivity contribution in [3.63, 3.8) is 0 Å². The Morgan fingerprint density at radius 1 is 0.600 bits per heavy atom. The molecule has 230 valence electrons. The van der Waals surface area contributed by atoms with Crippen molar-refractivity contribution < 1.29 is 47.7 Å². The summed E-state index contributed by atoms with van der Waals surface area (Å²) in [6.45, 7) is 12.8. The van der Waals surface area contributed by atoms with Gasteiger partial charge in [0.15, 0.2) is 0 Å². The van der Waals surface area contributed by atoms with Crippen molar-refractivity contribution in [2.24, 2.45) is 0 Å². The highest BCUT2D eigenvalue weighted by molar-refractivity contribution is 8.76. The molecule has 0 aliphatic carbocycles. The van der Waals surface area contributed by atoms with E-state index in [4.69, 9.17) is 9.47 Å². The summed E-state index contributed by atoms with van der Waals surface area (Å²) in [4.78, 5) is 73.7. The molecule has 0 aromatic carbocycles. The number of nitrogens with one attached hydrogen (secondary N) is 4. The Labute approximate surface area is 242 Å². The molecular formula is C24H42N4O10S2. The maximum absolute atomic E-state index is 12.8. The van der Waals surface area contributed by atoms with Gasteiger partial charge in [0.05, 0.1) is 14.2 Å². The van der Waals surface area contributed by atoms with Crippen LogP contribution in [0, 0.1) is 0 Å². The van der Waals surface area contributed by atoms with Crippen molar-refractivity contribution in [1.29, 1.82) is 0 Å². The molecule has 0 spiro atoms. The SMILES string of the molecule is COC(=O)[C@H](C)NC(=O)[C@H](CSSC[C@H](NC(=O)OC(C)(C)C)C(=O)N[C@@H](C)C(=O)OC)NC(=O)OC(C)(C)C. The Hall–Kier alpha value is -2.88. The van der Waals surface area contributed by atoms with Gasteiger partial charge in [0.1, 0.15) is 35.4 Å². The number of rotatable bonds is 13. The topological polar surface area (TPSA) is 187 Å². The van der Waals surface area contributed by atoms with Gasteiger partial charge in [-0.25, -0.2) is 19.2 Å². The number of carbonyl (C=O) groups is 6. The van der Waals surface area contributed by atoms with E-state index in [0.29, 0.717) is 0 Å². The third kappa shape index (κ3) is 16.3. The van der Waals surface area contributed by atoms with Gasteiger partial charge < -0.3 is 40.2 Å².